The fraction of sp³-hybridized carbons (Fsp3) is 0.526. The molecule has 9 nitrogen and oxygen atoms in total. The second kappa shape index (κ2) is 10.3. The van der Waals surface area contributed by atoms with Crippen LogP contribution in [0.5, 0.6) is 0 Å². The molecule has 0 bridgehead atoms. The highest BCUT2D eigenvalue weighted by molar-refractivity contribution is 5.46. The predicted molar refractivity (Wildman–Crippen MR) is 110 cm³/mol. The minimum atomic E-state index is -0.280. The van der Waals surface area contributed by atoms with Gasteiger partial charge in [0.05, 0.1) is 13.2 Å². The van der Waals surface area contributed by atoms with Gasteiger partial charge in [-0.05, 0) is 24.7 Å². The van der Waals surface area contributed by atoms with E-state index < -0.39 is 0 Å². The lowest BCUT2D eigenvalue weighted by Gasteiger charge is -2.33. The van der Waals surface area contributed by atoms with Gasteiger partial charge in [0.1, 0.15) is 5.82 Å². The quantitative estimate of drug-likeness (QED) is 0.539. The SMILES string of the molecule is CN1CCN(c2nc(NCc3ccc(F)cc3)nc(N(CCO)CCO)n2)CC1. The fourth-order valence-electron chi connectivity index (χ4n) is 3.06. The number of anilines is 3. The summed E-state index contributed by atoms with van der Waals surface area (Å²) >= 11 is 0. The Kier molecular flexibility index (Phi) is 7.50. The highest BCUT2D eigenvalue weighted by atomic mass is 19.1. The zero-order valence-corrected chi connectivity index (χ0v) is 16.6. The highest BCUT2D eigenvalue weighted by Crippen LogP contribution is 2.18. The van der Waals surface area contributed by atoms with Crippen molar-refractivity contribution in [1.29, 1.82) is 0 Å². The van der Waals surface area contributed by atoms with Crippen LogP contribution in [-0.4, -0.2) is 89.6 Å². The number of rotatable bonds is 9. The number of piperazine rings is 1. The Morgan fingerprint density at radius 3 is 2.28 bits per heavy atom. The number of hydrogen-bond donors (Lipinski definition) is 3. The zero-order valence-electron chi connectivity index (χ0n) is 16.6. The third kappa shape index (κ3) is 5.96. The van der Waals surface area contributed by atoms with Crippen molar-refractivity contribution in [3.63, 3.8) is 0 Å². The maximum Gasteiger partial charge on any atom is 0.232 e. The number of likely N-dealkylation sites (N-methyl/N-ethyl adjacent to an activating group) is 1. The molecule has 0 saturated carbocycles. The summed E-state index contributed by atoms with van der Waals surface area (Å²) in [7, 11) is 2.08. The van der Waals surface area contributed by atoms with Crippen LogP contribution in [0.15, 0.2) is 24.3 Å². The van der Waals surface area contributed by atoms with Gasteiger partial charge in [0.2, 0.25) is 17.8 Å². The van der Waals surface area contributed by atoms with Crippen LogP contribution in [0.1, 0.15) is 5.56 Å². The van der Waals surface area contributed by atoms with Gasteiger partial charge in [0.25, 0.3) is 0 Å². The first kappa shape index (κ1) is 21.2. The van der Waals surface area contributed by atoms with Gasteiger partial charge in [0, 0.05) is 45.8 Å². The van der Waals surface area contributed by atoms with Crippen molar-refractivity contribution in [2.24, 2.45) is 0 Å². The first-order valence-corrected chi connectivity index (χ1v) is 9.73. The lowest BCUT2D eigenvalue weighted by atomic mass is 10.2. The van der Waals surface area contributed by atoms with Crippen LogP contribution in [0.2, 0.25) is 0 Å². The number of aliphatic hydroxyl groups is 2. The molecule has 0 amide bonds. The summed E-state index contributed by atoms with van der Waals surface area (Å²) in [5.74, 6) is 1.08. The Morgan fingerprint density at radius 2 is 1.66 bits per heavy atom. The normalized spacial score (nSPS) is 14.8. The summed E-state index contributed by atoms with van der Waals surface area (Å²) in [6.07, 6.45) is 0. The van der Waals surface area contributed by atoms with Crippen molar-refractivity contribution in [3.8, 4) is 0 Å². The molecule has 1 aliphatic rings. The van der Waals surface area contributed by atoms with E-state index in [0.29, 0.717) is 37.5 Å². The smallest absolute Gasteiger partial charge is 0.232 e. The number of aromatic nitrogens is 3. The van der Waals surface area contributed by atoms with E-state index in [1.54, 1.807) is 17.0 Å². The molecular formula is C19H28FN7O2. The van der Waals surface area contributed by atoms with Crippen LogP contribution in [0.25, 0.3) is 0 Å². The predicted octanol–water partition coefficient (Wildman–Crippen LogP) is 0.166. The Hall–Kier alpha value is -2.56. The molecule has 1 aromatic heterocycles. The van der Waals surface area contributed by atoms with Gasteiger partial charge in [-0.25, -0.2) is 4.39 Å². The topological polar surface area (TPSA) is 101 Å². The molecular weight excluding hydrogens is 377 g/mol. The Balaban J connectivity index is 1.83. The number of benzene rings is 1. The van der Waals surface area contributed by atoms with E-state index in [2.05, 4.69) is 37.1 Å². The molecule has 0 radical (unpaired) electrons. The minimum absolute atomic E-state index is 0.0755. The molecule has 0 atom stereocenters. The summed E-state index contributed by atoms with van der Waals surface area (Å²) < 4.78 is 13.1. The molecule has 1 saturated heterocycles. The standard InChI is InChI=1S/C19H28FN7O2/c1-25-6-8-26(9-7-25)18-22-17(21-14-15-2-4-16(20)5-3-15)23-19(24-18)27(10-12-28)11-13-29/h2-5,28-29H,6-14H2,1H3,(H,21,22,23,24). The van der Waals surface area contributed by atoms with Gasteiger partial charge in [-0.3, -0.25) is 0 Å². The van der Waals surface area contributed by atoms with Gasteiger partial charge in [0.15, 0.2) is 0 Å². The monoisotopic (exact) mass is 405 g/mol. The largest absolute Gasteiger partial charge is 0.395 e. The third-order valence-electron chi connectivity index (χ3n) is 4.78. The van der Waals surface area contributed by atoms with E-state index in [0.717, 1.165) is 31.7 Å². The Labute approximate surface area is 169 Å². The maximum absolute atomic E-state index is 13.1. The van der Waals surface area contributed by atoms with Crippen LogP contribution in [0.3, 0.4) is 0 Å². The molecule has 1 aromatic carbocycles. The van der Waals surface area contributed by atoms with Crippen LogP contribution in [-0.2, 0) is 6.54 Å². The highest BCUT2D eigenvalue weighted by Gasteiger charge is 2.20. The van der Waals surface area contributed by atoms with Crippen LogP contribution < -0.4 is 15.1 Å². The molecule has 0 spiro atoms. The number of hydrogen-bond acceptors (Lipinski definition) is 9. The van der Waals surface area contributed by atoms with E-state index in [1.807, 2.05) is 0 Å². The van der Waals surface area contributed by atoms with Gasteiger partial charge < -0.3 is 30.2 Å². The van der Waals surface area contributed by atoms with Crippen molar-refractivity contribution in [2.75, 3.05) is 74.6 Å². The van der Waals surface area contributed by atoms with E-state index in [4.69, 9.17) is 0 Å². The first-order chi connectivity index (χ1) is 14.1. The molecule has 3 N–H and O–H groups in total. The van der Waals surface area contributed by atoms with E-state index in [9.17, 15) is 14.6 Å². The zero-order chi connectivity index (χ0) is 20.6. The molecule has 3 rings (SSSR count). The van der Waals surface area contributed by atoms with Crippen molar-refractivity contribution in [3.05, 3.63) is 35.6 Å². The second-order valence-electron chi connectivity index (χ2n) is 6.96. The van der Waals surface area contributed by atoms with E-state index in [-0.39, 0.29) is 19.0 Å². The average molecular weight is 405 g/mol. The van der Waals surface area contributed by atoms with Gasteiger partial charge in [-0.15, -0.1) is 0 Å². The number of aliphatic hydroxyl groups excluding tert-OH is 2. The number of nitrogens with one attached hydrogen (secondary N) is 1. The van der Waals surface area contributed by atoms with Crippen LogP contribution >= 0.6 is 0 Å². The molecule has 1 aliphatic heterocycles. The lowest BCUT2D eigenvalue weighted by molar-refractivity contribution is 0.280. The van der Waals surface area contributed by atoms with E-state index >= 15 is 0 Å². The first-order valence-electron chi connectivity index (χ1n) is 9.73. The molecule has 0 aliphatic carbocycles. The second-order valence-corrected chi connectivity index (χ2v) is 6.96. The molecule has 2 heterocycles. The van der Waals surface area contributed by atoms with Crippen LogP contribution in [0.4, 0.5) is 22.2 Å². The summed E-state index contributed by atoms with van der Waals surface area (Å²) in [4.78, 5) is 19.7. The van der Waals surface area contributed by atoms with Crippen molar-refractivity contribution in [2.45, 2.75) is 6.54 Å². The summed E-state index contributed by atoms with van der Waals surface area (Å²) in [5, 5.41) is 21.9. The van der Waals surface area contributed by atoms with Gasteiger partial charge in [-0.2, -0.15) is 15.0 Å². The van der Waals surface area contributed by atoms with Gasteiger partial charge >= 0.3 is 0 Å². The molecule has 158 valence electrons. The molecule has 2 aromatic rings. The number of nitrogens with zero attached hydrogens (tertiary/aromatic N) is 6. The average Bonchev–Trinajstić information content (AvgIpc) is 2.73. The summed E-state index contributed by atoms with van der Waals surface area (Å²) in [5.41, 5.74) is 0.900. The molecule has 29 heavy (non-hydrogen) atoms. The van der Waals surface area contributed by atoms with Crippen molar-refractivity contribution < 1.29 is 14.6 Å². The maximum atomic E-state index is 13.1. The molecule has 0 unspecified atom stereocenters. The summed E-state index contributed by atoms with van der Waals surface area (Å²) in [6, 6.07) is 6.23. The molecule has 10 heteroatoms. The minimum Gasteiger partial charge on any atom is -0.395 e. The Bertz CT molecular complexity index is 764. The van der Waals surface area contributed by atoms with Crippen molar-refractivity contribution >= 4 is 17.8 Å². The Morgan fingerprint density at radius 1 is 1.00 bits per heavy atom. The van der Waals surface area contributed by atoms with Crippen molar-refractivity contribution in [1.82, 2.24) is 19.9 Å². The fourth-order valence-corrected chi connectivity index (χ4v) is 3.06. The molecule has 1 fully saturated rings. The summed E-state index contributed by atoms with van der Waals surface area (Å²) in [6.45, 7) is 4.34. The third-order valence-corrected chi connectivity index (χ3v) is 4.78. The van der Waals surface area contributed by atoms with E-state index in [1.165, 1.54) is 12.1 Å². The number of halogens is 1. The van der Waals surface area contributed by atoms with Crippen LogP contribution in [0, 0.1) is 5.82 Å². The van der Waals surface area contributed by atoms with Gasteiger partial charge in [-0.1, -0.05) is 12.1 Å². The lowest BCUT2D eigenvalue weighted by Crippen LogP contribution is -2.45.